The van der Waals surface area contributed by atoms with Crippen molar-refractivity contribution >= 4 is 23.7 Å². The summed E-state index contributed by atoms with van der Waals surface area (Å²) in [7, 11) is 2.26. The van der Waals surface area contributed by atoms with Crippen molar-refractivity contribution in [1.29, 1.82) is 0 Å². The van der Waals surface area contributed by atoms with E-state index in [1.807, 2.05) is 0 Å². The Morgan fingerprint density at radius 3 is 2.48 bits per heavy atom. The molecule has 1 aromatic heterocycles. The molecule has 7 nitrogen and oxygen atoms in total. The van der Waals surface area contributed by atoms with E-state index in [1.165, 1.54) is 0 Å². The first-order valence-electron chi connectivity index (χ1n) is 5.56. The van der Waals surface area contributed by atoms with Gasteiger partial charge in [-0.15, -0.1) is 5.10 Å². The molecule has 21 heavy (non-hydrogen) atoms. The first kappa shape index (κ1) is 17.3. The lowest BCUT2D eigenvalue weighted by Gasteiger charge is -2.08. The minimum absolute atomic E-state index is 0.0523. The molecule has 118 valence electrons. The number of aryl methyl sites for hydroxylation is 1. The van der Waals surface area contributed by atoms with Crippen molar-refractivity contribution in [2.75, 3.05) is 20.0 Å². The molecule has 0 bridgehead atoms. The molecule has 0 aromatic carbocycles. The van der Waals surface area contributed by atoms with Gasteiger partial charge in [0.25, 0.3) is 0 Å². The van der Waals surface area contributed by atoms with Crippen LogP contribution < -0.4 is 0 Å². The predicted octanol–water partition coefficient (Wildman–Crippen LogP) is 1.03. The summed E-state index contributed by atoms with van der Waals surface area (Å²) in [6, 6.07) is 0. The summed E-state index contributed by atoms with van der Waals surface area (Å²) in [6.45, 7) is -0.166. The molecule has 1 heterocycles. The number of esters is 2. The second kappa shape index (κ2) is 7.29. The molecule has 1 aromatic rings. The Morgan fingerprint density at radius 2 is 1.95 bits per heavy atom. The first-order valence-corrected chi connectivity index (χ1v) is 6.55. The number of hydrogen-bond donors (Lipinski definition) is 0. The van der Waals surface area contributed by atoms with E-state index in [0.717, 1.165) is 18.9 Å². The lowest BCUT2D eigenvalue weighted by Crippen LogP contribution is -2.16. The fourth-order valence-electron chi connectivity index (χ4n) is 1.40. The van der Waals surface area contributed by atoms with Gasteiger partial charge >= 0.3 is 17.4 Å². The Kier molecular flexibility index (Phi) is 6.00. The largest absolute Gasteiger partial charge is 0.469 e. The van der Waals surface area contributed by atoms with E-state index in [-0.39, 0.29) is 41.9 Å². The van der Waals surface area contributed by atoms with Crippen molar-refractivity contribution in [3.05, 3.63) is 11.4 Å². The van der Waals surface area contributed by atoms with Crippen LogP contribution in [0.3, 0.4) is 0 Å². The topological polar surface area (TPSA) is 83.3 Å². The highest BCUT2D eigenvalue weighted by molar-refractivity contribution is 8.00. The maximum Gasteiger partial charge on any atom is 0.441 e. The van der Waals surface area contributed by atoms with Gasteiger partial charge in [-0.25, -0.2) is 9.48 Å². The number of carbonyl (C=O) groups is 2. The highest BCUT2D eigenvalue weighted by Crippen LogP contribution is 2.30. The second-order valence-corrected chi connectivity index (χ2v) is 4.81. The average molecular weight is 327 g/mol. The van der Waals surface area contributed by atoms with Crippen molar-refractivity contribution in [1.82, 2.24) is 15.0 Å². The van der Waals surface area contributed by atoms with Crippen LogP contribution in [-0.4, -0.2) is 52.4 Å². The van der Waals surface area contributed by atoms with Crippen LogP contribution in [0.1, 0.15) is 16.2 Å². The van der Waals surface area contributed by atoms with Gasteiger partial charge < -0.3 is 9.47 Å². The highest BCUT2D eigenvalue weighted by Gasteiger charge is 2.28. The molecule has 0 atom stereocenters. The maximum atomic E-state index is 12.1. The number of aromatic nitrogens is 3. The van der Waals surface area contributed by atoms with Crippen LogP contribution in [0.5, 0.6) is 0 Å². The molecular weight excluding hydrogens is 315 g/mol. The molecule has 0 saturated heterocycles. The van der Waals surface area contributed by atoms with Crippen LogP contribution in [0.2, 0.25) is 0 Å². The Morgan fingerprint density at radius 1 is 1.29 bits per heavy atom. The van der Waals surface area contributed by atoms with Gasteiger partial charge in [0.15, 0.2) is 5.69 Å². The minimum Gasteiger partial charge on any atom is -0.469 e. The second-order valence-electron chi connectivity index (χ2n) is 3.65. The summed E-state index contributed by atoms with van der Waals surface area (Å²) in [5.74, 6) is -1.84. The van der Waals surface area contributed by atoms with Gasteiger partial charge in [-0.1, -0.05) is 5.21 Å². The number of rotatable bonds is 6. The molecular formula is C10H12F3N3O4S. The third kappa shape index (κ3) is 5.25. The van der Waals surface area contributed by atoms with Crippen molar-refractivity contribution < 1.29 is 32.2 Å². The molecule has 0 radical (unpaired) electrons. The number of halogens is 3. The zero-order valence-electron chi connectivity index (χ0n) is 11.1. The first-order chi connectivity index (χ1) is 9.78. The number of methoxy groups -OCH3 is 2. The van der Waals surface area contributed by atoms with Crippen molar-refractivity contribution in [3.63, 3.8) is 0 Å². The summed E-state index contributed by atoms with van der Waals surface area (Å²) in [5.41, 5.74) is -4.54. The number of nitrogens with zero attached hydrogens (tertiary/aromatic N) is 3. The molecule has 0 aliphatic heterocycles. The van der Waals surface area contributed by atoms with Gasteiger partial charge in [0.1, 0.15) is 0 Å². The SMILES string of the molecule is COC(=O)Cc1c(C(=O)OC)nnn1CCSC(F)(F)F. The third-order valence-electron chi connectivity index (χ3n) is 2.32. The molecule has 0 aliphatic rings. The Balaban J connectivity index is 2.89. The number of carbonyl (C=O) groups excluding carboxylic acids is 2. The molecule has 0 amide bonds. The van der Waals surface area contributed by atoms with Gasteiger partial charge in [-0.05, 0) is 11.8 Å². The summed E-state index contributed by atoms with van der Waals surface area (Å²) in [5, 5.41) is 7.10. The van der Waals surface area contributed by atoms with Crippen molar-refractivity contribution in [2.45, 2.75) is 18.5 Å². The number of hydrogen-bond acceptors (Lipinski definition) is 7. The van der Waals surface area contributed by atoms with E-state index in [4.69, 9.17) is 0 Å². The van der Waals surface area contributed by atoms with Crippen molar-refractivity contribution in [3.8, 4) is 0 Å². The van der Waals surface area contributed by atoms with Gasteiger partial charge in [-0.2, -0.15) is 13.2 Å². The van der Waals surface area contributed by atoms with E-state index >= 15 is 0 Å². The van der Waals surface area contributed by atoms with Crippen LogP contribution in [0.25, 0.3) is 0 Å². The third-order valence-corrected chi connectivity index (χ3v) is 3.04. The van der Waals surface area contributed by atoms with E-state index < -0.39 is 17.4 Å². The fraction of sp³-hybridized carbons (Fsp3) is 0.600. The molecule has 0 N–H and O–H groups in total. The molecule has 0 fully saturated rings. The van der Waals surface area contributed by atoms with Gasteiger partial charge in [0.2, 0.25) is 0 Å². The van der Waals surface area contributed by atoms with Crippen LogP contribution in [0.15, 0.2) is 0 Å². The smallest absolute Gasteiger partial charge is 0.441 e. The normalized spacial score (nSPS) is 11.3. The Hall–Kier alpha value is -1.78. The lowest BCUT2D eigenvalue weighted by atomic mass is 10.2. The van der Waals surface area contributed by atoms with Crippen LogP contribution in [-0.2, 0) is 27.2 Å². The summed E-state index contributed by atoms with van der Waals surface area (Å²) in [4.78, 5) is 22.8. The van der Waals surface area contributed by atoms with Crippen LogP contribution in [0.4, 0.5) is 13.2 Å². The van der Waals surface area contributed by atoms with E-state index in [9.17, 15) is 22.8 Å². The summed E-state index contributed by atoms with van der Waals surface area (Å²) in [6.07, 6.45) is -0.343. The fourth-order valence-corrected chi connectivity index (χ4v) is 1.90. The zero-order chi connectivity index (χ0) is 16.0. The standard InChI is InChI=1S/C10H12F3N3O4S/c1-19-7(17)5-6-8(9(18)20-2)14-15-16(6)3-4-21-10(11,12)13/h3-5H2,1-2H3. The predicted molar refractivity (Wildman–Crippen MR) is 65.6 cm³/mol. The van der Waals surface area contributed by atoms with Gasteiger partial charge in [-0.3, -0.25) is 4.79 Å². The van der Waals surface area contributed by atoms with E-state index in [1.54, 1.807) is 0 Å². The molecule has 0 unspecified atom stereocenters. The number of alkyl halides is 3. The summed E-state index contributed by atoms with van der Waals surface area (Å²) < 4.78 is 46.2. The van der Waals surface area contributed by atoms with E-state index in [2.05, 4.69) is 19.8 Å². The minimum atomic E-state index is -4.37. The van der Waals surface area contributed by atoms with Gasteiger partial charge in [0.05, 0.1) is 32.9 Å². The number of ether oxygens (including phenoxy) is 2. The summed E-state index contributed by atoms with van der Waals surface area (Å²) >= 11 is -0.236. The zero-order valence-corrected chi connectivity index (χ0v) is 12.0. The molecule has 0 aliphatic carbocycles. The van der Waals surface area contributed by atoms with Gasteiger partial charge in [0, 0.05) is 5.75 Å². The van der Waals surface area contributed by atoms with Crippen LogP contribution in [0, 0.1) is 0 Å². The lowest BCUT2D eigenvalue weighted by molar-refractivity contribution is -0.139. The molecule has 11 heteroatoms. The Bertz CT molecular complexity index is 518. The average Bonchev–Trinajstić information content (AvgIpc) is 2.79. The van der Waals surface area contributed by atoms with E-state index in [0.29, 0.717) is 0 Å². The quantitative estimate of drug-likeness (QED) is 0.722. The molecule has 0 spiro atoms. The number of thioether (sulfide) groups is 1. The maximum absolute atomic E-state index is 12.1. The molecule has 1 rings (SSSR count). The Labute approximate surface area is 121 Å². The van der Waals surface area contributed by atoms with Crippen LogP contribution >= 0.6 is 11.8 Å². The van der Waals surface area contributed by atoms with Crippen molar-refractivity contribution in [2.24, 2.45) is 0 Å². The molecule has 0 saturated carbocycles. The monoisotopic (exact) mass is 327 g/mol. The highest BCUT2D eigenvalue weighted by atomic mass is 32.2.